The molecule has 0 radical (unpaired) electrons. The Balaban J connectivity index is 0.00000153. The smallest absolute Gasteiger partial charge is 0.159 e. The molecule has 4 heterocycles. The van der Waals surface area contributed by atoms with E-state index in [1.807, 2.05) is 30.7 Å². The van der Waals surface area contributed by atoms with Crippen LogP contribution < -0.4 is 5.73 Å². The Morgan fingerprint density at radius 1 is 0.971 bits per heavy atom. The van der Waals surface area contributed by atoms with Gasteiger partial charge in [-0.2, -0.15) is 0 Å². The fourth-order valence-corrected chi connectivity index (χ4v) is 4.59. The molecule has 1 spiro atoms. The minimum atomic E-state index is -0.905. The van der Waals surface area contributed by atoms with Crippen LogP contribution in [0.25, 0.3) is 0 Å². The Morgan fingerprint density at radius 2 is 1.71 bits per heavy atom. The number of rotatable bonds is 4. The van der Waals surface area contributed by atoms with Crippen molar-refractivity contribution in [2.24, 2.45) is 5.73 Å². The number of nitrogens with zero attached hydrogens (tertiary/aromatic N) is 3. The van der Waals surface area contributed by atoms with Crippen LogP contribution in [0.1, 0.15) is 46.8 Å². The molecule has 1 atom stereocenters. The van der Waals surface area contributed by atoms with Crippen LogP contribution in [0.4, 0.5) is 8.78 Å². The number of nitrogens with two attached hydrogens (primary N) is 1. The Labute approximate surface area is 228 Å². The molecule has 5 rings (SSSR count). The molecule has 2 aliphatic heterocycles. The molecule has 1 unspecified atom stereocenters. The summed E-state index contributed by atoms with van der Waals surface area (Å²) in [5, 5.41) is 0. The quantitative estimate of drug-likeness (QED) is 0.450. The Hall–Kier alpha value is -1.58. The van der Waals surface area contributed by atoms with Gasteiger partial charge in [-0.05, 0) is 53.8 Å². The normalized spacial score (nSPS) is 16.7. The first-order chi connectivity index (χ1) is 15.0. The summed E-state index contributed by atoms with van der Waals surface area (Å²) in [4.78, 5) is 11.2. The molecule has 2 N–H and O–H groups in total. The lowest BCUT2D eigenvalue weighted by Crippen LogP contribution is -2.42. The maximum Gasteiger partial charge on any atom is 0.159 e. The second kappa shape index (κ2) is 13.1. The molecule has 2 aliphatic rings. The molecule has 1 aromatic carbocycles. The number of fused-ring (bicyclic) bond motifs is 2. The molecule has 2 aromatic heterocycles. The van der Waals surface area contributed by atoms with E-state index in [4.69, 9.17) is 10.5 Å². The fourth-order valence-electron chi connectivity index (χ4n) is 4.59. The van der Waals surface area contributed by atoms with Gasteiger partial charge in [0.2, 0.25) is 0 Å². The van der Waals surface area contributed by atoms with Crippen molar-refractivity contribution in [2.45, 2.75) is 37.6 Å². The standard InChI is InChI=1S/C24H24F2N4O.4ClH/c25-20-3-2-17(11-21(20)26)23(27)22-4-1-16(12-29-22)14-30-9-6-24(7-10-30)19-13-28-8-5-18(19)15-31-24;;;;/h1-5,8,11-13,23H,6-7,9-10,14-15,27H2;4*1H. The van der Waals surface area contributed by atoms with E-state index in [9.17, 15) is 8.78 Å². The number of aromatic nitrogens is 2. The molecular formula is C24H28Cl4F2N4O. The maximum atomic E-state index is 13.5. The van der Waals surface area contributed by atoms with E-state index < -0.39 is 17.7 Å². The van der Waals surface area contributed by atoms with Crippen LogP contribution in [0, 0.1) is 11.6 Å². The number of benzene rings is 1. The number of hydrogen-bond donors (Lipinski definition) is 1. The van der Waals surface area contributed by atoms with Gasteiger partial charge in [-0.25, -0.2) is 8.78 Å². The first-order valence-corrected chi connectivity index (χ1v) is 10.5. The summed E-state index contributed by atoms with van der Waals surface area (Å²) in [7, 11) is 0. The lowest BCUT2D eigenvalue weighted by Gasteiger charge is -2.39. The Bertz CT molecular complexity index is 1100. The van der Waals surface area contributed by atoms with Crippen LogP contribution >= 0.6 is 49.6 Å². The van der Waals surface area contributed by atoms with Crippen molar-refractivity contribution in [1.82, 2.24) is 14.9 Å². The predicted octanol–water partition coefficient (Wildman–Crippen LogP) is 5.51. The second-order valence-electron chi connectivity index (χ2n) is 8.33. The second-order valence-corrected chi connectivity index (χ2v) is 8.33. The van der Waals surface area contributed by atoms with E-state index in [1.165, 1.54) is 17.2 Å². The van der Waals surface area contributed by atoms with Crippen molar-refractivity contribution in [1.29, 1.82) is 0 Å². The van der Waals surface area contributed by atoms with E-state index in [0.29, 0.717) is 17.9 Å². The molecule has 1 saturated heterocycles. The van der Waals surface area contributed by atoms with Crippen LogP contribution in [-0.2, 0) is 23.5 Å². The molecule has 0 saturated carbocycles. The van der Waals surface area contributed by atoms with Gasteiger partial charge < -0.3 is 10.5 Å². The van der Waals surface area contributed by atoms with E-state index in [-0.39, 0.29) is 55.2 Å². The minimum absolute atomic E-state index is 0. The Morgan fingerprint density at radius 3 is 2.37 bits per heavy atom. The highest BCUT2D eigenvalue weighted by Gasteiger charge is 2.42. The highest BCUT2D eigenvalue weighted by molar-refractivity contribution is 5.86. The monoisotopic (exact) mass is 566 g/mol. The van der Waals surface area contributed by atoms with Gasteiger partial charge in [0, 0.05) is 43.8 Å². The average molecular weight is 568 g/mol. The van der Waals surface area contributed by atoms with Crippen LogP contribution in [-0.4, -0.2) is 28.0 Å². The first-order valence-electron chi connectivity index (χ1n) is 10.5. The van der Waals surface area contributed by atoms with E-state index in [1.54, 1.807) is 0 Å². The zero-order valence-electron chi connectivity index (χ0n) is 18.7. The Kier molecular flexibility index (Phi) is 11.8. The van der Waals surface area contributed by atoms with Crippen molar-refractivity contribution < 1.29 is 13.5 Å². The minimum Gasteiger partial charge on any atom is -0.365 e. The highest BCUT2D eigenvalue weighted by atomic mass is 35.5. The SMILES string of the molecule is Cl.Cl.Cl.Cl.NC(c1ccc(F)c(F)c1)c1ccc(CN2CCC3(CC2)OCc2ccncc23)cn1. The molecule has 35 heavy (non-hydrogen) atoms. The third-order valence-corrected chi connectivity index (χ3v) is 6.45. The molecule has 5 nitrogen and oxygen atoms in total. The van der Waals surface area contributed by atoms with Gasteiger partial charge in [-0.15, -0.1) is 49.6 Å². The van der Waals surface area contributed by atoms with Crippen molar-refractivity contribution in [3.63, 3.8) is 0 Å². The maximum absolute atomic E-state index is 13.5. The number of piperidine rings is 1. The number of likely N-dealkylation sites (tertiary alicyclic amines) is 1. The first kappa shape index (κ1) is 31.4. The van der Waals surface area contributed by atoms with Crippen LogP contribution in [0.5, 0.6) is 0 Å². The molecule has 0 aliphatic carbocycles. The molecule has 1 fully saturated rings. The average Bonchev–Trinajstić information content (AvgIpc) is 3.16. The third kappa shape index (κ3) is 6.41. The molecule has 11 heteroatoms. The zero-order chi connectivity index (χ0) is 21.4. The number of hydrogen-bond acceptors (Lipinski definition) is 5. The van der Waals surface area contributed by atoms with Gasteiger partial charge in [0.1, 0.15) is 0 Å². The molecule has 3 aromatic rings. The summed E-state index contributed by atoms with van der Waals surface area (Å²) >= 11 is 0. The molecule has 0 bridgehead atoms. The fraction of sp³-hybridized carbons (Fsp3) is 0.333. The van der Waals surface area contributed by atoms with E-state index in [0.717, 1.165) is 50.2 Å². The van der Waals surface area contributed by atoms with Gasteiger partial charge in [0.15, 0.2) is 11.6 Å². The summed E-state index contributed by atoms with van der Waals surface area (Å²) in [6.45, 7) is 3.33. The van der Waals surface area contributed by atoms with Gasteiger partial charge in [0.05, 0.1) is 23.9 Å². The predicted molar refractivity (Wildman–Crippen MR) is 141 cm³/mol. The lowest BCUT2D eigenvalue weighted by atomic mass is 9.84. The highest BCUT2D eigenvalue weighted by Crippen LogP contribution is 2.43. The van der Waals surface area contributed by atoms with Gasteiger partial charge in [0.25, 0.3) is 0 Å². The zero-order valence-corrected chi connectivity index (χ0v) is 22.0. The summed E-state index contributed by atoms with van der Waals surface area (Å²) in [6, 6.07) is 9.00. The van der Waals surface area contributed by atoms with Crippen LogP contribution in [0.15, 0.2) is 55.0 Å². The molecule has 192 valence electrons. The van der Waals surface area contributed by atoms with Gasteiger partial charge in [-0.1, -0.05) is 12.1 Å². The van der Waals surface area contributed by atoms with Crippen molar-refractivity contribution in [2.75, 3.05) is 13.1 Å². The van der Waals surface area contributed by atoms with Gasteiger partial charge >= 0.3 is 0 Å². The van der Waals surface area contributed by atoms with Gasteiger partial charge in [-0.3, -0.25) is 14.9 Å². The third-order valence-electron chi connectivity index (χ3n) is 6.45. The van der Waals surface area contributed by atoms with E-state index >= 15 is 0 Å². The lowest BCUT2D eigenvalue weighted by molar-refractivity contribution is -0.0800. The summed E-state index contributed by atoms with van der Waals surface area (Å²) < 4.78 is 32.9. The topological polar surface area (TPSA) is 64.3 Å². The number of pyridine rings is 2. The van der Waals surface area contributed by atoms with Crippen LogP contribution in [0.3, 0.4) is 0 Å². The van der Waals surface area contributed by atoms with Crippen molar-refractivity contribution in [3.8, 4) is 0 Å². The summed E-state index contributed by atoms with van der Waals surface area (Å²) in [5.41, 5.74) is 10.7. The number of halogens is 6. The molecule has 0 amide bonds. The van der Waals surface area contributed by atoms with Crippen LogP contribution in [0.2, 0.25) is 0 Å². The molecular weight excluding hydrogens is 540 g/mol. The summed E-state index contributed by atoms with van der Waals surface area (Å²) in [5.74, 6) is -1.79. The summed E-state index contributed by atoms with van der Waals surface area (Å²) in [6.07, 6.45) is 7.48. The number of ether oxygens (including phenoxy) is 1. The van der Waals surface area contributed by atoms with Crippen molar-refractivity contribution in [3.05, 3.63) is 94.6 Å². The van der Waals surface area contributed by atoms with Crippen molar-refractivity contribution >= 4 is 49.6 Å². The largest absolute Gasteiger partial charge is 0.365 e. The van der Waals surface area contributed by atoms with E-state index in [2.05, 4.69) is 20.9 Å².